The van der Waals surface area contributed by atoms with E-state index in [2.05, 4.69) is 5.32 Å². The van der Waals surface area contributed by atoms with Crippen LogP contribution in [0.1, 0.15) is 18.4 Å². The first kappa shape index (κ1) is 10.1. The number of halogens is 2. The Bertz CT molecular complexity index is 413. The molecule has 2 nitrogen and oxygen atoms in total. The van der Waals surface area contributed by atoms with Crippen LogP contribution in [0, 0.1) is 24.5 Å². The Morgan fingerprint density at radius 1 is 1.33 bits per heavy atom. The van der Waals surface area contributed by atoms with E-state index in [0.717, 1.165) is 25.0 Å². The van der Waals surface area contributed by atoms with Crippen LogP contribution in [0.2, 0.25) is 0 Å². The Morgan fingerprint density at radius 3 is 2.60 bits per heavy atom. The molecule has 80 valence electrons. The molecule has 0 spiro atoms. The van der Waals surface area contributed by atoms with E-state index in [1.807, 2.05) is 0 Å². The molecule has 1 aromatic rings. The van der Waals surface area contributed by atoms with Gasteiger partial charge in [-0.3, -0.25) is 4.79 Å². The maximum absolute atomic E-state index is 13.3. The summed E-state index contributed by atoms with van der Waals surface area (Å²) in [6, 6.07) is 2.10. The van der Waals surface area contributed by atoms with Gasteiger partial charge >= 0.3 is 0 Å². The van der Waals surface area contributed by atoms with Crippen LogP contribution in [0.25, 0.3) is 0 Å². The minimum absolute atomic E-state index is 0.0197. The van der Waals surface area contributed by atoms with E-state index >= 15 is 0 Å². The van der Waals surface area contributed by atoms with Gasteiger partial charge in [0.15, 0.2) is 0 Å². The van der Waals surface area contributed by atoms with Gasteiger partial charge in [-0.15, -0.1) is 0 Å². The molecule has 0 aliphatic heterocycles. The van der Waals surface area contributed by atoms with Crippen molar-refractivity contribution >= 4 is 11.6 Å². The van der Waals surface area contributed by atoms with Gasteiger partial charge < -0.3 is 5.32 Å². The van der Waals surface area contributed by atoms with Crippen molar-refractivity contribution in [3.63, 3.8) is 0 Å². The van der Waals surface area contributed by atoms with Crippen molar-refractivity contribution in [3.8, 4) is 0 Å². The van der Waals surface area contributed by atoms with E-state index in [1.54, 1.807) is 0 Å². The summed E-state index contributed by atoms with van der Waals surface area (Å²) in [6.45, 7) is 1.48. The molecule has 2 rings (SSSR count). The molecule has 0 radical (unpaired) electrons. The van der Waals surface area contributed by atoms with Crippen molar-refractivity contribution in [2.45, 2.75) is 19.8 Å². The summed E-state index contributed by atoms with van der Waals surface area (Å²) in [5.41, 5.74) is 0.159. The van der Waals surface area contributed by atoms with Crippen LogP contribution < -0.4 is 5.32 Å². The van der Waals surface area contributed by atoms with Gasteiger partial charge in [-0.05, 0) is 31.4 Å². The van der Waals surface area contributed by atoms with Gasteiger partial charge in [0.1, 0.15) is 11.6 Å². The number of benzene rings is 1. The van der Waals surface area contributed by atoms with E-state index in [9.17, 15) is 13.6 Å². The molecule has 0 bridgehead atoms. The van der Waals surface area contributed by atoms with Crippen molar-refractivity contribution in [2.24, 2.45) is 5.92 Å². The van der Waals surface area contributed by atoms with Crippen LogP contribution in [0.5, 0.6) is 0 Å². The van der Waals surface area contributed by atoms with Crippen molar-refractivity contribution in [1.29, 1.82) is 0 Å². The van der Waals surface area contributed by atoms with Crippen molar-refractivity contribution in [1.82, 2.24) is 0 Å². The molecule has 15 heavy (non-hydrogen) atoms. The Kier molecular flexibility index (Phi) is 2.42. The molecule has 0 heterocycles. The van der Waals surface area contributed by atoms with Crippen LogP contribution in [0.4, 0.5) is 14.5 Å². The fourth-order valence-electron chi connectivity index (χ4n) is 1.32. The molecular weight excluding hydrogens is 200 g/mol. The summed E-state index contributed by atoms with van der Waals surface area (Å²) >= 11 is 0. The number of rotatable bonds is 2. The van der Waals surface area contributed by atoms with Crippen molar-refractivity contribution < 1.29 is 13.6 Å². The summed E-state index contributed by atoms with van der Waals surface area (Å²) in [7, 11) is 0. The normalized spacial score (nSPS) is 15.1. The third-order valence-electron chi connectivity index (χ3n) is 2.45. The van der Waals surface area contributed by atoms with E-state index in [-0.39, 0.29) is 23.1 Å². The van der Waals surface area contributed by atoms with Crippen LogP contribution in [0.3, 0.4) is 0 Å². The minimum atomic E-state index is -0.595. The van der Waals surface area contributed by atoms with Gasteiger partial charge in [0, 0.05) is 12.0 Å². The molecule has 4 heteroatoms. The SMILES string of the molecule is Cc1cc(F)c(NC(=O)C2CC2)cc1F. The summed E-state index contributed by atoms with van der Waals surface area (Å²) in [4.78, 5) is 11.3. The highest BCUT2D eigenvalue weighted by Gasteiger charge is 2.30. The quantitative estimate of drug-likeness (QED) is 0.800. The summed E-state index contributed by atoms with van der Waals surface area (Å²) in [5, 5.41) is 2.39. The van der Waals surface area contributed by atoms with E-state index < -0.39 is 11.6 Å². The first-order valence-corrected chi connectivity index (χ1v) is 4.84. The lowest BCUT2D eigenvalue weighted by atomic mass is 10.2. The second-order valence-electron chi connectivity index (χ2n) is 3.84. The Labute approximate surface area is 86.3 Å². The number of amides is 1. The number of nitrogens with one attached hydrogen (secondary N) is 1. The van der Waals surface area contributed by atoms with Gasteiger partial charge in [0.2, 0.25) is 5.91 Å². The highest BCUT2D eigenvalue weighted by Crippen LogP contribution is 2.30. The predicted molar refractivity (Wildman–Crippen MR) is 52.4 cm³/mol. The standard InChI is InChI=1S/C11H11F2NO/c1-6-4-9(13)10(5-8(6)12)14-11(15)7-2-3-7/h4-5,7H,2-3H2,1H3,(H,14,15). The number of anilines is 1. The fraction of sp³-hybridized carbons (Fsp3) is 0.364. The molecule has 0 saturated heterocycles. The summed E-state index contributed by atoms with van der Waals surface area (Å²) in [6.07, 6.45) is 1.67. The smallest absolute Gasteiger partial charge is 0.227 e. The molecule has 1 N–H and O–H groups in total. The van der Waals surface area contributed by atoms with Gasteiger partial charge in [-0.25, -0.2) is 8.78 Å². The van der Waals surface area contributed by atoms with Crippen LogP contribution in [-0.2, 0) is 4.79 Å². The molecule has 0 unspecified atom stereocenters. The third kappa shape index (κ3) is 2.14. The monoisotopic (exact) mass is 211 g/mol. The summed E-state index contributed by atoms with van der Waals surface area (Å²) < 4.78 is 26.4. The average molecular weight is 211 g/mol. The first-order chi connectivity index (χ1) is 7.08. The van der Waals surface area contributed by atoms with Gasteiger partial charge in [0.05, 0.1) is 5.69 Å². The van der Waals surface area contributed by atoms with Crippen LogP contribution in [-0.4, -0.2) is 5.91 Å². The maximum atomic E-state index is 13.3. The number of hydrogen-bond acceptors (Lipinski definition) is 1. The van der Waals surface area contributed by atoms with Gasteiger partial charge in [-0.2, -0.15) is 0 Å². The molecule has 1 amide bonds. The molecule has 1 aromatic carbocycles. The molecule has 1 aliphatic carbocycles. The Balaban J connectivity index is 2.20. The van der Waals surface area contributed by atoms with Crippen molar-refractivity contribution in [3.05, 3.63) is 29.3 Å². The maximum Gasteiger partial charge on any atom is 0.227 e. The van der Waals surface area contributed by atoms with Gasteiger partial charge in [-0.1, -0.05) is 0 Å². The average Bonchev–Trinajstić information content (AvgIpc) is 2.97. The number of hydrogen-bond donors (Lipinski definition) is 1. The summed E-state index contributed by atoms with van der Waals surface area (Å²) in [5.74, 6) is -1.35. The van der Waals surface area contributed by atoms with E-state index in [0.29, 0.717) is 0 Å². The molecule has 0 atom stereocenters. The second-order valence-corrected chi connectivity index (χ2v) is 3.84. The lowest BCUT2D eigenvalue weighted by Gasteiger charge is -2.06. The van der Waals surface area contributed by atoms with Crippen LogP contribution >= 0.6 is 0 Å². The topological polar surface area (TPSA) is 29.1 Å². The minimum Gasteiger partial charge on any atom is -0.323 e. The fourth-order valence-corrected chi connectivity index (χ4v) is 1.32. The molecule has 1 fully saturated rings. The molecule has 1 saturated carbocycles. The van der Waals surface area contributed by atoms with Crippen molar-refractivity contribution in [2.75, 3.05) is 5.32 Å². The molecular formula is C11H11F2NO. The zero-order chi connectivity index (χ0) is 11.0. The van der Waals surface area contributed by atoms with E-state index in [1.165, 1.54) is 6.92 Å². The zero-order valence-electron chi connectivity index (χ0n) is 8.31. The number of carbonyl (C=O) groups is 1. The lowest BCUT2D eigenvalue weighted by molar-refractivity contribution is -0.117. The molecule has 0 aromatic heterocycles. The predicted octanol–water partition coefficient (Wildman–Crippen LogP) is 2.62. The first-order valence-electron chi connectivity index (χ1n) is 4.84. The van der Waals surface area contributed by atoms with Crippen LogP contribution in [0.15, 0.2) is 12.1 Å². The molecule has 1 aliphatic rings. The van der Waals surface area contributed by atoms with Gasteiger partial charge in [0.25, 0.3) is 0 Å². The number of aryl methyl sites for hydroxylation is 1. The Hall–Kier alpha value is -1.45. The third-order valence-corrected chi connectivity index (χ3v) is 2.45. The highest BCUT2D eigenvalue weighted by molar-refractivity contribution is 5.94. The highest BCUT2D eigenvalue weighted by atomic mass is 19.1. The Morgan fingerprint density at radius 2 is 2.00 bits per heavy atom. The lowest BCUT2D eigenvalue weighted by Crippen LogP contribution is -2.14. The van der Waals surface area contributed by atoms with E-state index in [4.69, 9.17) is 0 Å². The second kappa shape index (κ2) is 3.61. The zero-order valence-corrected chi connectivity index (χ0v) is 8.31. The largest absolute Gasteiger partial charge is 0.323 e. The number of carbonyl (C=O) groups excluding carboxylic acids is 1.